The van der Waals surface area contributed by atoms with Crippen molar-refractivity contribution in [2.75, 3.05) is 19.7 Å². The van der Waals surface area contributed by atoms with Gasteiger partial charge in [-0.2, -0.15) is 0 Å². The molecule has 1 aromatic rings. The number of carbonyl (C=O) groups is 2. The highest BCUT2D eigenvalue weighted by Crippen LogP contribution is 2.33. The van der Waals surface area contributed by atoms with Crippen LogP contribution in [0.15, 0.2) is 30.3 Å². The maximum absolute atomic E-state index is 12.4. The summed E-state index contributed by atoms with van der Waals surface area (Å²) in [5.41, 5.74) is 0.979. The van der Waals surface area contributed by atoms with Crippen molar-refractivity contribution in [3.63, 3.8) is 0 Å². The Kier molecular flexibility index (Phi) is 3.92. The first-order chi connectivity index (χ1) is 10.2. The number of nitrogens with zero attached hydrogens (tertiary/aromatic N) is 1. The number of carboxylic acid groups (broad SMARTS) is 1. The van der Waals surface area contributed by atoms with E-state index >= 15 is 0 Å². The van der Waals surface area contributed by atoms with Gasteiger partial charge < -0.3 is 14.7 Å². The molecule has 0 radical (unpaired) electrons. The van der Waals surface area contributed by atoms with E-state index in [2.05, 4.69) is 0 Å². The summed E-state index contributed by atoms with van der Waals surface area (Å²) in [6.07, 6.45) is 1.26. The zero-order valence-corrected chi connectivity index (χ0v) is 11.8. The van der Waals surface area contributed by atoms with Gasteiger partial charge in [-0.25, -0.2) is 0 Å². The largest absolute Gasteiger partial charge is 0.481 e. The van der Waals surface area contributed by atoms with Gasteiger partial charge in [0.2, 0.25) is 0 Å². The van der Waals surface area contributed by atoms with E-state index in [4.69, 9.17) is 4.74 Å². The van der Waals surface area contributed by atoms with Crippen molar-refractivity contribution in [3.8, 4) is 0 Å². The number of likely N-dealkylation sites (tertiary alicyclic amines) is 1. The summed E-state index contributed by atoms with van der Waals surface area (Å²) in [7, 11) is 0. The van der Waals surface area contributed by atoms with Crippen LogP contribution in [-0.4, -0.2) is 47.7 Å². The molecule has 1 N–H and O–H groups in total. The second kappa shape index (κ2) is 5.85. The number of carboxylic acids is 1. The summed E-state index contributed by atoms with van der Waals surface area (Å²) in [5.74, 6) is -1.59. The molecule has 1 aromatic carbocycles. The molecular weight excluding hydrogens is 270 g/mol. The molecule has 2 heterocycles. The zero-order valence-electron chi connectivity index (χ0n) is 11.8. The molecule has 0 bridgehead atoms. The highest BCUT2D eigenvalue weighted by Gasteiger charge is 2.42. The van der Waals surface area contributed by atoms with Gasteiger partial charge >= 0.3 is 5.97 Å². The first-order valence-electron chi connectivity index (χ1n) is 7.35. The van der Waals surface area contributed by atoms with Gasteiger partial charge in [-0.15, -0.1) is 0 Å². The quantitative estimate of drug-likeness (QED) is 0.915. The van der Waals surface area contributed by atoms with Crippen LogP contribution in [0.5, 0.6) is 0 Å². The van der Waals surface area contributed by atoms with E-state index in [-0.39, 0.29) is 24.5 Å². The number of aliphatic carboxylic acids is 1. The normalized spacial score (nSPS) is 28.8. The summed E-state index contributed by atoms with van der Waals surface area (Å²) in [4.78, 5) is 25.6. The van der Waals surface area contributed by atoms with Crippen LogP contribution in [0.3, 0.4) is 0 Å². The second-order valence-corrected chi connectivity index (χ2v) is 5.71. The monoisotopic (exact) mass is 289 g/mol. The maximum Gasteiger partial charge on any atom is 0.308 e. The predicted molar refractivity (Wildman–Crippen MR) is 75.9 cm³/mol. The van der Waals surface area contributed by atoms with E-state index < -0.39 is 11.9 Å². The summed E-state index contributed by atoms with van der Waals surface area (Å²) in [6, 6.07) is 9.57. The standard InChI is InChI=1S/C16H19NO4/c18-15(14-7-4-8-21-14)17-9-12(13(10-17)16(19)20)11-5-2-1-3-6-11/h1-3,5-6,12-14H,4,7-10H2,(H,19,20)/t12?,13?,14-/m0/s1. The summed E-state index contributed by atoms with van der Waals surface area (Å²) < 4.78 is 5.43. The second-order valence-electron chi connectivity index (χ2n) is 5.71. The molecule has 0 spiro atoms. The van der Waals surface area contributed by atoms with Crippen molar-refractivity contribution in [2.45, 2.75) is 24.9 Å². The Balaban J connectivity index is 1.78. The van der Waals surface area contributed by atoms with Crippen molar-refractivity contribution >= 4 is 11.9 Å². The Labute approximate surface area is 123 Å². The van der Waals surface area contributed by atoms with Crippen molar-refractivity contribution in [2.24, 2.45) is 5.92 Å². The van der Waals surface area contributed by atoms with Gasteiger partial charge in [-0.1, -0.05) is 30.3 Å². The van der Waals surface area contributed by atoms with Gasteiger partial charge in [0, 0.05) is 25.6 Å². The number of amides is 1. The predicted octanol–water partition coefficient (Wildman–Crippen LogP) is 1.49. The Morgan fingerprint density at radius 3 is 2.57 bits per heavy atom. The lowest BCUT2D eigenvalue weighted by molar-refractivity contribution is -0.143. The maximum atomic E-state index is 12.4. The molecular formula is C16H19NO4. The van der Waals surface area contributed by atoms with Crippen LogP contribution in [0.1, 0.15) is 24.3 Å². The van der Waals surface area contributed by atoms with Crippen molar-refractivity contribution in [1.29, 1.82) is 0 Å². The fraction of sp³-hybridized carbons (Fsp3) is 0.500. The molecule has 2 unspecified atom stereocenters. The molecule has 5 heteroatoms. The molecule has 0 aromatic heterocycles. The van der Waals surface area contributed by atoms with Gasteiger partial charge in [-0.3, -0.25) is 9.59 Å². The first kappa shape index (κ1) is 14.1. The minimum Gasteiger partial charge on any atom is -0.481 e. The molecule has 0 aliphatic carbocycles. The van der Waals surface area contributed by atoms with Gasteiger partial charge in [0.1, 0.15) is 6.10 Å². The van der Waals surface area contributed by atoms with Crippen LogP contribution in [0.4, 0.5) is 0 Å². The van der Waals surface area contributed by atoms with Crippen molar-refractivity contribution < 1.29 is 19.4 Å². The SMILES string of the molecule is O=C(O)C1CN(C(=O)[C@@H]2CCCO2)CC1c1ccccc1. The van der Waals surface area contributed by atoms with Gasteiger partial charge in [-0.05, 0) is 18.4 Å². The summed E-state index contributed by atoms with van der Waals surface area (Å²) in [6.45, 7) is 1.35. The molecule has 3 atom stereocenters. The minimum atomic E-state index is -0.841. The third-order valence-electron chi connectivity index (χ3n) is 4.38. The molecule has 112 valence electrons. The van der Waals surface area contributed by atoms with Crippen LogP contribution < -0.4 is 0 Å². The Bertz CT molecular complexity index is 524. The summed E-state index contributed by atoms with van der Waals surface area (Å²) >= 11 is 0. The molecule has 3 rings (SSSR count). The van der Waals surface area contributed by atoms with Crippen LogP contribution in [0.2, 0.25) is 0 Å². The molecule has 0 saturated carbocycles. The number of rotatable bonds is 3. The van der Waals surface area contributed by atoms with Crippen molar-refractivity contribution in [1.82, 2.24) is 4.90 Å². The number of hydrogen-bond acceptors (Lipinski definition) is 3. The molecule has 2 aliphatic heterocycles. The van der Waals surface area contributed by atoms with E-state index in [9.17, 15) is 14.7 Å². The number of carbonyl (C=O) groups excluding carboxylic acids is 1. The average molecular weight is 289 g/mol. The number of hydrogen-bond donors (Lipinski definition) is 1. The molecule has 2 aliphatic rings. The first-order valence-corrected chi connectivity index (χ1v) is 7.35. The lowest BCUT2D eigenvalue weighted by Crippen LogP contribution is -2.37. The van der Waals surface area contributed by atoms with Gasteiger partial charge in [0.25, 0.3) is 5.91 Å². The highest BCUT2D eigenvalue weighted by atomic mass is 16.5. The topological polar surface area (TPSA) is 66.8 Å². The Morgan fingerprint density at radius 1 is 1.19 bits per heavy atom. The van der Waals surface area contributed by atoms with E-state index in [0.717, 1.165) is 18.4 Å². The highest BCUT2D eigenvalue weighted by molar-refractivity contribution is 5.83. The minimum absolute atomic E-state index is 0.0582. The van der Waals surface area contributed by atoms with Crippen molar-refractivity contribution in [3.05, 3.63) is 35.9 Å². The number of benzene rings is 1. The fourth-order valence-electron chi connectivity index (χ4n) is 3.25. The van der Waals surface area contributed by atoms with E-state index in [1.807, 2.05) is 30.3 Å². The van der Waals surface area contributed by atoms with Crippen LogP contribution >= 0.6 is 0 Å². The molecule has 5 nitrogen and oxygen atoms in total. The zero-order chi connectivity index (χ0) is 14.8. The van der Waals surface area contributed by atoms with Crippen LogP contribution in [0, 0.1) is 5.92 Å². The van der Waals surface area contributed by atoms with Crippen LogP contribution in [0.25, 0.3) is 0 Å². The third-order valence-corrected chi connectivity index (χ3v) is 4.38. The third kappa shape index (κ3) is 2.78. The molecule has 2 fully saturated rings. The molecule has 1 amide bonds. The van der Waals surface area contributed by atoms with Gasteiger partial charge in [0.15, 0.2) is 0 Å². The average Bonchev–Trinajstić information content (AvgIpc) is 3.17. The molecule has 21 heavy (non-hydrogen) atoms. The fourth-order valence-corrected chi connectivity index (χ4v) is 3.25. The van der Waals surface area contributed by atoms with Crippen LogP contribution in [-0.2, 0) is 14.3 Å². The van der Waals surface area contributed by atoms with E-state index in [0.29, 0.717) is 13.2 Å². The summed E-state index contributed by atoms with van der Waals surface area (Å²) in [5, 5.41) is 9.44. The Morgan fingerprint density at radius 2 is 1.95 bits per heavy atom. The number of ether oxygens (including phenoxy) is 1. The molecule has 2 saturated heterocycles. The van der Waals surface area contributed by atoms with E-state index in [1.54, 1.807) is 4.90 Å². The smallest absolute Gasteiger partial charge is 0.308 e. The Hall–Kier alpha value is -1.88. The van der Waals surface area contributed by atoms with Gasteiger partial charge in [0.05, 0.1) is 5.92 Å². The lowest BCUT2D eigenvalue weighted by Gasteiger charge is -2.20. The van der Waals surface area contributed by atoms with E-state index in [1.165, 1.54) is 0 Å². The lowest BCUT2D eigenvalue weighted by atomic mass is 9.89.